The van der Waals surface area contributed by atoms with E-state index >= 15 is 0 Å². The molecule has 5 heteroatoms. The number of aromatic nitrogens is 3. The van der Waals surface area contributed by atoms with E-state index < -0.39 is 0 Å². The summed E-state index contributed by atoms with van der Waals surface area (Å²) in [5.41, 5.74) is 7.27. The molecule has 0 aliphatic heterocycles. The van der Waals surface area contributed by atoms with Gasteiger partial charge in [-0.2, -0.15) is 0 Å². The average molecular weight is 255 g/mol. The van der Waals surface area contributed by atoms with Gasteiger partial charge in [-0.3, -0.25) is 4.40 Å². The molecule has 0 fully saturated rings. The van der Waals surface area contributed by atoms with Crippen molar-refractivity contribution in [2.75, 3.05) is 5.73 Å². The minimum absolute atomic E-state index is 0.710. The summed E-state index contributed by atoms with van der Waals surface area (Å²) in [6, 6.07) is 1.83. The van der Waals surface area contributed by atoms with E-state index in [-0.39, 0.29) is 0 Å². The number of pyridine rings is 1. The van der Waals surface area contributed by atoms with Crippen LogP contribution in [-0.4, -0.2) is 14.6 Å². The standard InChI is InChI=1S/C9H11BrN4/c1-2-3-8-12-13-9-7(10)4-6(11)5-14(8)9/h4-5H,2-3,11H2,1H3. The zero-order chi connectivity index (χ0) is 10.1. The lowest BCUT2D eigenvalue weighted by molar-refractivity contribution is 0.818. The quantitative estimate of drug-likeness (QED) is 0.893. The third kappa shape index (κ3) is 1.48. The lowest BCUT2D eigenvalue weighted by Gasteiger charge is -2.00. The third-order valence-electron chi connectivity index (χ3n) is 2.03. The molecule has 2 aromatic heterocycles. The Labute approximate surface area is 90.3 Å². The van der Waals surface area contributed by atoms with Crippen LogP contribution in [-0.2, 0) is 6.42 Å². The Morgan fingerprint density at radius 3 is 3.00 bits per heavy atom. The van der Waals surface area contributed by atoms with E-state index in [1.807, 2.05) is 16.7 Å². The second-order valence-electron chi connectivity index (χ2n) is 3.18. The van der Waals surface area contributed by atoms with Crippen molar-refractivity contribution < 1.29 is 0 Å². The summed E-state index contributed by atoms with van der Waals surface area (Å²) in [6.45, 7) is 2.11. The molecule has 0 radical (unpaired) electrons. The predicted molar refractivity (Wildman–Crippen MR) is 59.1 cm³/mol. The molecular formula is C9H11BrN4. The molecule has 0 spiro atoms. The normalized spacial score (nSPS) is 11.0. The molecule has 0 atom stereocenters. The van der Waals surface area contributed by atoms with E-state index in [9.17, 15) is 0 Å². The summed E-state index contributed by atoms with van der Waals surface area (Å²) in [5, 5.41) is 8.20. The number of aryl methyl sites for hydroxylation is 1. The Balaban J connectivity index is 2.66. The molecule has 0 saturated heterocycles. The molecule has 0 unspecified atom stereocenters. The number of hydrogen-bond acceptors (Lipinski definition) is 3. The number of nitrogen functional groups attached to an aromatic ring is 1. The van der Waals surface area contributed by atoms with Crippen LogP contribution in [0.5, 0.6) is 0 Å². The molecule has 14 heavy (non-hydrogen) atoms. The minimum atomic E-state index is 0.710. The molecule has 4 nitrogen and oxygen atoms in total. The molecule has 0 aromatic carbocycles. The summed E-state index contributed by atoms with van der Waals surface area (Å²) in [6.07, 6.45) is 3.81. The summed E-state index contributed by atoms with van der Waals surface area (Å²) >= 11 is 3.41. The average Bonchev–Trinajstić information content (AvgIpc) is 2.49. The van der Waals surface area contributed by atoms with Gasteiger partial charge in [-0.15, -0.1) is 10.2 Å². The maximum absolute atomic E-state index is 5.74. The Morgan fingerprint density at radius 2 is 2.29 bits per heavy atom. The smallest absolute Gasteiger partial charge is 0.175 e. The summed E-state index contributed by atoms with van der Waals surface area (Å²) in [5.74, 6) is 0.954. The first kappa shape index (κ1) is 9.45. The van der Waals surface area contributed by atoms with Crippen LogP contribution in [0.2, 0.25) is 0 Å². The summed E-state index contributed by atoms with van der Waals surface area (Å²) in [4.78, 5) is 0. The van der Waals surface area contributed by atoms with Gasteiger partial charge in [0.15, 0.2) is 5.65 Å². The van der Waals surface area contributed by atoms with Crippen LogP contribution < -0.4 is 5.73 Å². The third-order valence-corrected chi connectivity index (χ3v) is 2.61. The molecule has 0 saturated carbocycles. The molecule has 0 aliphatic carbocycles. The minimum Gasteiger partial charge on any atom is -0.397 e. The molecule has 2 heterocycles. The molecule has 2 rings (SSSR count). The van der Waals surface area contributed by atoms with Crippen molar-refractivity contribution in [3.05, 3.63) is 22.6 Å². The van der Waals surface area contributed by atoms with Crippen LogP contribution >= 0.6 is 15.9 Å². The zero-order valence-corrected chi connectivity index (χ0v) is 9.45. The van der Waals surface area contributed by atoms with E-state index in [4.69, 9.17) is 5.73 Å². The van der Waals surface area contributed by atoms with Crippen molar-refractivity contribution in [3.8, 4) is 0 Å². The van der Waals surface area contributed by atoms with Crippen LogP contribution in [0.4, 0.5) is 5.69 Å². The van der Waals surface area contributed by atoms with Gasteiger partial charge in [-0.1, -0.05) is 6.92 Å². The Hall–Kier alpha value is -1.10. The highest BCUT2D eigenvalue weighted by atomic mass is 79.9. The number of nitrogens with two attached hydrogens (primary N) is 1. The number of rotatable bonds is 2. The van der Waals surface area contributed by atoms with Crippen LogP contribution in [0.3, 0.4) is 0 Å². The van der Waals surface area contributed by atoms with E-state index in [2.05, 4.69) is 33.1 Å². The first-order valence-electron chi connectivity index (χ1n) is 4.51. The van der Waals surface area contributed by atoms with Crippen molar-refractivity contribution in [1.29, 1.82) is 0 Å². The van der Waals surface area contributed by atoms with Crippen LogP contribution in [0.15, 0.2) is 16.7 Å². The maximum Gasteiger partial charge on any atom is 0.175 e. The van der Waals surface area contributed by atoms with Crippen molar-refractivity contribution in [1.82, 2.24) is 14.6 Å². The van der Waals surface area contributed by atoms with Crippen molar-refractivity contribution in [3.63, 3.8) is 0 Å². The first-order chi connectivity index (χ1) is 6.72. The largest absolute Gasteiger partial charge is 0.397 e. The van der Waals surface area contributed by atoms with Gasteiger partial charge < -0.3 is 5.73 Å². The first-order valence-corrected chi connectivity index (χ1v) is 5.30. The highest BCUT2D eigenvalue weighted by Crippen LogP contribution is 2.20. The van der Waals surface area contributed by atoms with E-state index in [0.717, 1.165) is 28.8 Å². The van der Waals surface area contributed by atoms with Gasteiger partial charge in [-0.05, 0) is 28.4 Å². The van der Waals surface area contributed by atoms with Gasteiger partial charge in [0, 0.05) is 18.3 Å². The van der Waals surface area contributed by atoms with Crippen LogP contribution in [0, 0.1) is 0 Å². The predicted octanol–water partition coefficient (Wildman–Crippen LogP) is 2.03. The van der Waals surface area contributed by atoms with Gasteiger partial charge in [0.25, 0.3) is 0 Å². The van der Waals surface area contributed by atoms with E-state index in [1.54, 1.807) is 0 Å². The monoisotopic (exact) mass is 254 g/mol. The second kappa shape index (κ2) is 3.57. The molecule has 0 bridgehead atoms. The Bertz CT molecular complexity index is 463. The van der Waals surface area contributed by atoms with Crippen molar-refractivity contribution >= 4 is 27.3 Å². The fraction of sp³-hybridized carbons (Fsp3) is 0.333. The second-order valence-corrected chi connectivity index (χ2v) is 4.04. The Kier molecular flexibility index (Phi) is 2.41. The molecule has 2 N–H and O–H groups in total. The lowest BCUT2D eigenvalue weighted by Crippen LogP contribution is -1.96. The van der Waals surface area contributed by atoms with Gasteiger partial charge in [0.05, 0.1) is 4.47 Å². The fourth-order valence-corrected chi connectivity index (χ4v) is 1.95. The van der Waals surface area contributed by atoms with Crippen molar-refractivity contribution in [2.45, 2.75) is 19.8 Å². The van der Waals surface area contributed by atoms with Gasteiger partial charge >= 0.3 is 0 Å². The SMILES string of the molecule is CCCc1nnc2c(Br)cc(N)cn12. The number of fused-ring (bicyclic) bond motifs is 1. The van der Waals surface area contributed by atoms with Gasteiger partial charge in [-0.25, -0.2) is 0 Å². The maximum atomic E-state index is 5.74. The molecule has 0 amide bonds. The zero-order valence-electron chi connectivity index (χ0n) is 7.87. The summed E-state index contributed by atoms with van der Waals surface area (Å²) in [7, 11) is 0. The Morgan fingerprint density at radius 1 is 1.50 bits per heavy atom. The topological polar surface area (TPSA) is 56.2 Å². The lowest BCUT2D eigenvalue weighted by atomic mass is 10.3. The van der Waals surface area contributed by atoms with E-state index in [0.29, 0.717) is 5.69 Å². The van der Waals surface area contributed by atoms with Crippen LogP contribution in [0.1, 0.15) is 19.2 Å². The molecular weight excluding hydrogens is 244 g/mol. The van der Waals surface area contributed by atoms with E-state index in [1.165, 1.54) is 0 Å². The number of anilines is 1. The highest BCUT2D eigenvalue weighted by molar-refractivity contribution is 9.10. The van der Waals surface area contributed by atoms with Gasteiger partial charge in [0.1, 0.15) is 5.82 Å². The molecule has 2 aromatic rings. The number of halogens is 1. The van der Waals surface area contributed by atoms with Crippen molar-refractivity contribution in [2.24, 2.45) is 0 Å². The number of hydrogen-bond donors (Lipinski definition) is 1. The summed E-state index contributed by atoms with van der Waals surface area (Å²) < 4.78 is 2.82. The van der Waals surface area contributed by atoms with Gasteiger partial charge in [0.2, 0.25) is 0 Å². The fourth-order valence-electron chi connectivity index (χ4n) is 1.41. The highest BCUT2D eigenvalue weighted by Gasteiger charge is 2.07. The number of nitrogens with zero attached hydrogens (tertiary/aromatic N) is 3. The molecule has 0 aliphatic rings. The van der Waals surface area contributed by atoms with Crippen LogP contribution in [0.25, 0.3) is 5.65 Å². The molecule has 74 valence electrons.